The fourth-order valence-electron chi connectivity index (χ4n) is 2.04. The van der Waals surface area contributed by atoms with E-state index in [9.17, 15) is 13.6 Å². The quantitative estimate of drug-likeness (QED) is 0.772. The van der Waals surface area contributed by atoms with E-state index >= 15 is 0 Å². The van der Waals surface area contributed by atoms with Gasteiger partial charge in [-0.25, -0.2) is 8.78 Å². The maximum absolute atomic E-state index is 13.5. The molecule has 0 aliphatic carbocycles. The molecule has 1 atom stereocenters. The number of rotatable bonds is 3. The summed E-state index contributed by atoms with van der Waals surface area (Å²) in [5.41, 5.74) is -0.500. The number of halogens is 2. The number of hydrogen-bond donors (Lipinski definition) is 0. The lowest BCUT2D eigenvalue weighted by atomic mass is 10.0. The van der Waals surface area contributed by atoms with E-state index in [0.29, 0.717) is 13.2 Å². The van der Waals surface area contributed by atoms with E-state index in [2.05, 4.69) is 0 Å². The van der Waals surface area contributed by atoms with E-state index in [1.54, 1.807) is 0 Å². The molecule has 0 spiro atoms. The minimum absolute atomic E-state index is 0.378. The predicted octanol–water partition coefficient (Wildman–Crippen LogP) is 1.87. The fraction of sp³-hybridized carbons (Fsp3) is 0.462. The van der Waals surface area contributed by atoms with E-state index in [1.165, 1.54) is 6.07 Å². The molecule has 0 aromatic heterocycles. The van der Waals surface area contributed by atoms with Crippen molar-refractivity contribution in [1.29, 1.82) is 0 Å². The van der Waals surface area contributed by atoms with Crippen LogP contribution in [0.3, 0.4) is 0 Å². The second-order valence-electron chi connectivity index (χ2n) is 4.21. The highest BCUT2D eigenvalue weighted by Crippen LogP contribution is 2.17. The van der Waals surface area contributed by atoms with Gasteiger partial charge in [0, 0.05) is 13.1 Å². The van der Waals surface area contributed by atoms with Crippen LogP contribution in [-0.2, 0) is 4.74 Å². The Morgan fingerprint density at radius 3 is 2.72 bits per heavy atom. The first-order chi connectivity index (χ1) is 8.63. The second kappa shape index (κ2) is 5.54. The smallest absolute Gasteiger partial charge is 0.198 e. The summed E-state index contributed by atoms with van der Waals surface area (Å²) in [6.45, 7) is 4.27. The van der Waals surface area contributed by atoms with Gasteiger partial charge in [0.2, 0.25) is 0 Å². The van der Waals surface area contributed by atoms with Crippen LogP contribution in [0.4, 0.5) is 8.78 Å². The van der Waals surface area contributed by atoms with Crippen LogP contribution in [0.25, 0.3) is 0 Å². The Hall–Kier alpha value is -1.33. The molecule has 1 aliphatic heterocycles. The van der Waals surface area contributed by atoms with Crippen LogP contribution in [0, 0.1) is 11.6 Å². The number of carbonyl (C=O) groups is 1. The predicted molar refractivity (Wildman–Crippen MR) is 62.5 cm³/mol. The summed E-state index contributed by atoms with van der Waals surface area (Å²) in [6.07, 6.45) is -0.787. The molecule has 0 amide bonds. The van der Waals surface area contributed by atoms with Crippen LogP contribution in [-0.4, -0.2) is 43.0 Å². The van der Waals surface area contributed by atoms with Crippen LogP contribution >= 0.6 is 0 Å². The van der Waals surface area contributed by atoms with Gasteiger partial charge in [0.1, 0.15) is 17.7 Å². The van der Waals surface area contributed by atoms with Crippen molar-refractivity contribution in [1.82, 2.24) is 4.90 Å². The molecule has 98 valence electrons. The van der Waals surface area contributed by atoms with E-state index in [1.807, 2.05) is 11.8 Å². The third-order valence-electron chi connectivity index (χ3n) is 3.10. The molecule has 1 aliphatic rings. The van der Waals surface area contributed by atoms with Crippen LogP contribution in [0.5, 0.6) is 0 Å². The molecule has 1 aromatic carbocycles. The summed E-state index contributed by atoms with van der Waals surface area (Å²) < 4.78 is 32.3. The maximum Gasteiger partial charge on any atom is 0.198 e. The lowest BCUT2D eigenvalue weighted by molar-refractivity contribution is -0.0152. The number of hydrogen-bond acceptors (Lipinski definition) is 3. The monoisotopic (exact) mass is 255 g/mol. The van der Waals surface area contributed by atoms with Crippen LogP contribution in [0.1, 0.15) is 17.3 Å². The first-order valence-electron chi connectivity index (χ1n) is 5.95. The van der Waals surface area contributed by atoms with Crippen molar-refractivity contribution in [2.75, 3.05) is 26.2 Å². The van der Waals surface area contributed by atoms with Gasteiger partial charge < -0.3 is 4.74 Å². The average Bonchev–Trinajstić information content (AvgIpc) is 2.38. The van der Waals surface area contributed by atoms with Gasteiger partial charge in [-0.1, -0.05) is 13.0 Å². The third-order valence-corrected chi connectivity index (χ3v) is 3.10. The topological polar surface area (TPSA) is 29.5 Å². The van der Waals surface area contributed by atoms with Gasteiger partial charge in [-0.05, 0) is 18.7 Å². The van der Waals surface area contributed by atoms with E-state index in [4.69, 9.17) is 4.74 Å². The molecule has 1 fully saturated rings. The van der Waals surface area contributed by atoms with Gasteiger partial charge >= 0.3 is 0 Å². The van der Waals surface area contributed by atoms with Crippen molar-refractivity contribution in [3.8, 4) is 0 Å². The first kappa shape index (κ1) is 13.1. The molecule has 1 saturated heterocycles. The minimum Gasteiger partial charge on any atom is -0.367 e. The van der Waals surface area contributed by atoms with Crippen molar-refractivity contribution in [3.05, 3.63) is 35.4 Å². The first-order valence-corrected chi connectivity index (χ1v) is 5.95. The van der Waals surface area contributed by atoms with Crippen LogP contribution in [0.15, 0.2) is 18.2 Å². The highest BCUT2D eigenvalue weighted by Gasteiger charge is 2.30. The lowest BCUT2D eigenvalue weighted by Gasteiger charge is -2.31. The molecule has 18 heavy (non-hydrogen) atoms. The maximum atomic E-state index is 13.5. The molecular formula is C13H15F2NO2. The van der Waals surface area contributed by atoms with Gasteiger partial charge in [0.05, 0.1) is 12.2 Å². The second-order valence-corrected chi connectivity index (χ2v) is 4.21. The number of carbonyl (C=O) groups excluding carboxylic acids is 1. The van der Waals surface area contributed by atoms with Gasteiger partial charge in [0.25, 0.3) is 0 Å². The Morgan fingerprint density at radius 2 is 2.11 bits per heavy atom. The SMILES string of the molecule is CCN1CCOC(C(=O)c2c(F)cccc2F)C1. The highest BCUT2D eigenvalue weighted by atomic mass is 19.1. The summed E-state index contributed by atoms with van der Waals surface area (Å²) in [7, 11) is 0. The minimum atomic E-state index is -0.836. The Balaban J connectivity index is 2.20. The lowest BCUT2D eigenvalue weighted by Crippen LogP contribution is -2.46. The number of nitrogens with zero attached hydrogens (tertiary/aromatic N) is 1. The summed E-state index contributed by atoms with van der Waals surface area (Å²) in [5, 5.41) is 0. The van der Waals surface area contributed by atoms with Gasteiger partial charge in [-0.3, -0.25) is 9.69 Å². The summed E-state index contributed by atoms with van der Waals surface area (Å²) in [5.74, 6) is -2.29. The molecule has 0 bridgehead atoms. The van der Waals surface area contributed by atoms with Crippen molar-refractivity contribution >= 4 is 5.78 Å². The Morgan fingerprint density at radius 1 is 1.44 bits per heavy atom. The Bertz CT molecular complexity index is 430. The molecule has 3 nitrogen and oxygen atoms in total. The van der Waals surface area contributed by atoms with E-state index < -0.39 is 29.1 Å². The molecule has 0 radical (unpaired) electrons. The summed E-state index contributed by atoms with van der Waals surface area (Å²) >= 11 is 0. The van der Waals surface area contributed by atoms with Crippen molar-refractivity contribution in [3.63, 3.8) is 0 Å². The molecular weight excluding hydrogens is 240 g/mol. The Kier molecular flexibility index (Phi) is 4.04. The third kappa shape index (κ3) is 2.57. The largest absolute Gasteiger partial charge is 0.367 e. The van der Waals surface area contributed by atoms with Gasteiger partial charge in [-0.15, -0.1) is 0 Å². The molecule has 0 saturated carbocycles. The van der Waals surface area contributed by atoms with Crippen molar-refractivity contribution < 1.29 is 18.3 Å². The van der Waals surface area contributed by atoms with Crippen LogP contribution in [0.2, 0.25) is 0 Å². The number of Topliss-reactive ketones (excluding diaryl/α,β-unsaturated/α-hetero) is 1. The molecule has 1 unspecified atom stereocenters. The molecule has 5 heteroatoms. The average molecular weight is 255 g/mol. The van der Waals surface area contributed by atoms with Crippen LogP contribution < -0.4 is 0 Å². The molecule has 2 rings (SSSR count). The Labute approximate surface area is 104 Å². The van der Waals surface area contributed by atoms with Gasteiger partial charge in [0.15, 0.2) is 5.78 Å². The zero-order valence-corrected chi connectivity index (χ0v) is 10.2. The summed E-state index contributed by atoms with van der Waals surface area (Å²) in [4.78, 5) is 14.1. The van der Waals surface area contributed by atoms with E-state index in [0.717, 1.165) is 25.2 Å². The van der Waals surface area contributed by atoms with Crippen molar-refractivity contribution in [2.45, 2.75) is 13.0 Å². The normalized spacial score (nSPS) is 20.9. The standard InChI is InChI=1S/C13H15F2NO2/c1-2-16-6-7-18-11(8-16)13(17)12-9(14)4-3-5-10(12)15/h3-5,11H,2,6-8H2,1H3. The summed E-state index contributed by atoms with van der Waals surface area (Å²) in [6, 6.07) is 3.40. The number of ether oxygens (including phenoxy) is 1. The number of benzene rings is 1. The zero-order chi connectivity index (χ0) is 13.1. The number of likely N-dealkylation sites (N-methyl/N-ethyl adjacent to an activating group) is 1. The molecule has 1 aromatic rings. The number of morpholine rings is 1. The molecule has 0 N–H and O–H groups in total. The van der Waals surface area contributed by atoms with E-state index in [-0.39, 0.29) is 0 Å². The number of ketones is 1. The van der Waals surface area contributed by atoms with Crippen molar-refractivity contribution in [2.24, 2.45) is 0 Å². The highest BCUT2D eigenvalue weighted by molar-refractivity contribution is 6.00. The van der Waals surface area contributed by atoms with Gasteiger partial charge in [-0.2, -0.15) is 0 Å². The molecule has 1 heterocycles. The fourth-order valence-corrected chi connectivity index (χ4v) is 2.04. The zero-order valence-electron chi connectivity index (χ0n) is 10.2.